The zero-order chi connectivity index (χ0) is 15.1. The third-order valence-electron chi connectivity index (χ3n) is 2.88. The highest BCUT2D eigenvalue weighted by atomic mass is 35.5. The second-order valence-corrected chi connectivity index (χ2v) is 4.77. The van der Waals surface area contributed by atoms with Crippen molar-refractivity contribution < 1.29 is 19.4 Å². The monoisotopic (exact) mass is 302 g/mol. The van der Waals surface area contributed by atoms with Gasteiger partial charge in [-0.25, -0.2) is 4.79 Å². The van der Waals surface area contributed by atoms with Gasteiger partial charge in [0.1, 0.15) is 11.7 Å². The average molecular weight is 303 g/mol. The van der Waals surface area contributed by atoms with Gasteiger partial charge >= 0.3 is 5.97 Å². The molecule has 20 heavy (non-hydrogen) atoms. The van der Waals surface area contributed by atoms with Gasteiger partial charge in [-0.15, -0.1) is 0 Å². The summed E-state index contributed by atoms with van der Waals surface area (Å²) in [5.41, 5.74) is 0.357. The van der Waals surface area contributed by atoms with Crippen LogP contribution in [0.25, 0.3) is 0 Å². The van der Waals surface area contributed by atoms with E-state index in [1.807, 2.05) is 6.92 Å². The third-order valence-corrected chi connectivity index (χ3v) is 3.09. The molecule has 112 valence electrons. The Morgan fingerprint density at radius 2 is 2.25 bits per heavy atom. The third kappa shape index (κ3) is 4.54. The lowest BCUT2D eigenvalue weighted by Gasteiger charge is -2.15. The number of aryl methyl sites for hydroxylation is 1. The molecule has 1 amide bonds. The number of halogens is 1. The molecule has 0 aliphatic rings. The molecule has 0 fully saturated rings. The van der Waals surface area contributed by atoms with E-state index in [1.54, 1.807) is 17.9 Å². The van der Waals surface area contributed by atoms with Gasteiger partial charge in [0.2, 0.25) is 0 Å². The fraction of sp³-hybridized carbons (Fsp3) is 0.538. The number of amides is 1. The molecule has 0 saturated heterocycles. The van der Waals surface area contributed by atoms with Crippen LogP contribution in [0.3, 0.4) is 0 Å². The van der Waals surface area contributed by atoms with E-state index in [-0.39, 0.29) is 0 Å². The predicted molar refractivity (Wildman–Crippen MR) is 75.1 cm³/mol. The van der Waals surface area contributed by atoms with Crippen LogP contribution in [0, 0.1) is 0 Å². The van der Waals surface area contributed by atoms with E-state index in [0.29, 0.717) is 36.7 Å². The molecular formula is C13H19ClN2O4. The number of carboxylic acids is 1. The topological polar surface area (TPSA) is 80.6 Å². The van der Waals surface area contributed by atoms with Gasteiger partial charge in [0.15, 0.2) is 0 Å². The van der Waals surface area contributed by atoms with Crippen molar-refractivity contribution in [1.82, 2.24) is 9.88 Å². The lowest BCUT2D eigenvalue weighted by atomic mass is 10.1. The van der Waals surface area contributed by atoms with Crippen molar-refractivity contribution in [2.75, 3.05) is 13.7 Å². The molecule has 6 nitrogen and oxygen atoms in total. The van der Waals surface area contributed by atoms with E-state index in [0.717, 1.165) is 0 Å². The minimum atomic E-state index is -1.06. The Morgan fingerprint density at radius 1 is 1.55 bits per heavy atom. The fourth-order valence-corrected chi connectivity index (χ4v) is 2.07. The first-order valence-electron chi connectivity index (χ1n) is 6.37. The van der Waals surface area contributed by atoms with Gasteiger partial charge < -0.3 is 19.7 Å². The van der Waals surface area contributed by atoms with Crippen LogP contribution in [-0.2, 0) is 16.1 Å². The number of rotatable bonds is 8. The summed E-state index contributed by atoms with van der Waals surface area (Å²) >= 11 is 5.86. The Hall–Kier alpha value is -1.53. The van der Waals surface area contributed by atoms with Crippen LogP contribution in [0.1, 0.15) is 30.3 Å². The van der Waals surface area contributed by atoms with Crippen LogP contribution < -0.4 is 5.32 Å². The van der Waals surface area contributed by atoms with Crippen molar-refractivity contribution in [3.8, 4) is 0 Å². The number of methoxy groups -OCH3 is 1. The first-order chi connectivity index (χ1) is 9.49. The van der Waals surface area contributed by atoms with E-state index in [1.165, 1.54) is 6.07 Å². The molecule has 0 aliphatic heterocycles. The maximum absolute atomic E-state index is 12.1. The van der Waals surface area contributed by atoms with Crippen molar-refractivity contribution >= 4 is 23.5 Å². The number of carbonyl (C=O) groups excluding carboxylic acids is 1. The summed E-state index contributed by atoms with van der Waals surface area (Å²) in [5.74, 6) is -1.50. The normalized spacial score (nSPS) is 12.2. The molecule has 0 bridgehead atoms. The largest absolute Gasteiger partial charge is 0.480 e. The summed E-state index contributed by atoms with van der Waals surface area (Å²) in [5, 5.41) is 12.1. The van der Waals surface area contributed by atoms with Crippen molar-refractivity contribution in [1.29, 1.82) is 0 Å². The number of ether oxygens (including phenoxy) is 1. The standard InChI is InChI=1S/C13H19ClN2O4/c1-3-16-8-9(14)7-11(16)12(17)15-10(13(18)19)5-4-6-20-2/h7-8,10H,3-6H2,1-2H3,(H,15,17)(H,18,19). The Labute approximate surface area is 122 Å². The lowest BCUT2D eigenvalue weighted by molar-refractivity contribution is -0.139. The molecule has 1 atom stereocenters. The smallest absolute Gasteiger partial charge is 0.326 e. The minimum Gasteiger partial charge on any atom is -0.480 e. The summed E-state index contributed by atoms with van der Waals surface area (Å²) in [6.07, 6.45) is 2.51. The molecule has 1 aromatic rings. The van der Waals surface area contributed by atoms with Gasteiger partial charge in [0.25, 0.3) is 5.91 Å². The highest BCUT2D eigenvalue weighted by molar-refractivity contribution is 6.31. The van der Waals surface area contributed by atoms with E-state index in [2.05, 4.69) is 5.32 Å². The molecule has 0 spiro atoms. The number of carbonyl (C=O) groups is 2. The molecule has 0 aliphatic carbocycles. The van der Waals surface area contributed by atoms with E-state index >= 15 is 0 Å². The van der Waals surface area contributed by atoms with Crippen molar-refractivity contribution in [3.05, 3.63) is 23.0 Å². The molecule has 0 radical (unpaired) electrons. The van der Waals surface area contributed by atoms with E-state index in [9.17, 15) is 9.59 Å². The van der Waals surface area contributed by atoms with Gasteiger partial charge in [0.05, 0.1) is 5.02 Å². The van der Waals surface area contributed by atoms with Gasteiger partial charge in [0, 0.05) is 26.5 Å². The molecule has 1 rings (SSSR count). The SMILES string of the molecule is CCn1cc(Cl)cc1C(=O)NC(CCCOC)C(=O)O. The van der Waals surface area contributed by atoms with Gasteiger partial charge in [-0.2, -0.15) is 0 Å². The summed E-state index contributed by atoms with van der Waals surface area (Å²) in [7, 11) is 1.55. The Kier molecular flexibility index (Phi) is 6.54. The van der Waals surface area contributed by atoms with Crippen LogP contribution in [-0.4, -0.2) is 41.3 Å². The first-order valence-corrected chi connectivity index (χ1v) is 6.75. The fourth-order valence-electron chi connectivity index (χ4n) is 1.85. The van der Waals surface area contributed by atoms with Gasteiger partial charge in [-0.1, -0.05) is 11.6 Å². The lowest BCUT2D eigenvalue weighted by Crippen LogP contribution is -2.41. The summed E-state index contributed by atoms with van der Waals surface area (Å²) in [6.45, 7) is 2.91. The zero-order valence-electron chi connectivity index (χ0n) is 11.6. The Bertz CT molecular complexity index is 473. The highest BCUT2D eigenvalue weighted by Gasteiger charge is 2.22. The van der Waals surface area contributed by atoms with Crippen molar-refractivity contribution in [3.63, 3.8) is 0 Å². The number of hydrogen-bond donors (Lipinski definition) is 2. The first kappa shape index (κ1) is 16.5. The molecule has 1 heterocycles. The molecule has 0 aromatic carbocycles. The molecule has 7 heteroatoms. The van der Waals surface area contributed by atoms with Crippen LogP contribution >= 0.6 is 11.6 Å². The van der Waals surface area contributed by atoms with Crippen molar-refractivity contribution in [2.24, 2.45) is 0 Å². The molecule has 0 saturated carbocycles. The quantitative estimate of drug-likeness (QED) is 0.717. The molecule has 2 N–H and O–H groups in total. The molecule has 1 aromatic heterocycles. The summed E-state index contributed by atoms with van der Waals surface area (Å²) in [4.78, 5) is 23.2. The number of hydrogen-bond acceptors (Lipinski definition) is 3. The Morgan fingerprint density at radius 3 is 2.80 bits per heavy atom. The second-order valence-electron chi connectivity index (χ2n) is 4.33. The van der Waals surface area contributed by atoms with Crippen LogP contribution in [0.4, 0.5) is 0 Å². The molecular weight excluding hydrogens is 284 g/mol. The number of nitrogens with one attached hydrogen (secondary N) is 1. The maximum Gasteiger partial charge on any atom is 0.326 e. The minimum absolute atomic E-state index is 0.315. The number of aliphatic carboxylic acids is 1. The number of nitrogens with zero attached hydrogens (tertiary/aromatic N) is 1. The highest BCUT2D eigenvalue weighted by Crippen LogP contribution is 2.14. The van der Waals surface area contributed by atoms with Crippen LogP contribution in [0.15, 0.2) is 12.3 Å². The maximum atomic E-state index is 12.1. The number of carboxylic acid groups (broad SMARTS) is 1. The summed E-state index contributed by atoms with van der Waals surface area (Å²) < 4.78 is 6.55. The zero-order valence-corrected chi connectivity index (χ0v) is 12.3. The van der Waals surface area contributed by atoms with Crippen molar-refractivity contribution in [2.45, 2.75) is 32.4 Å². The van der Waals surface area contributed by atoms with Crippen LogP contribution in [0.5, 0.6) is 0 Å². The number of aromatic nitrogens is 1. The average Bonchev–Trinajstić information content (AvgIpc) is 2.78. The Balaban J connectivity index is 2.72. The van der Waals surface area contributed by atoms with E-state index in [4.69, 9.17) is 21.4 Å². The molecule has 1 unspecified atom stereocenters. The van der Waals surface area contributed by atoms with E-state index < -0.39 is 17.9 Å². The second kappa shape index (κ2) is 7.91. The van der Waals surface area contributed by atoms with Crippen LogP contribution in [0.2, 0.25) is 5.02 Å². The van der Waals surface area contributed by atoms with Gasteiger partial charge in [-0.05, 0) is 25.8 Å². The van der Waals surface area contributed by atoms with Gasteiger partial charge in [-0.3, -0.25) is 4.79 Å². The summed E-state index contributed by atoms with van der Waals surface area (Å²) in [6, 6.07) is 0.589. The predicted octanol–water partition coefficient (Wildman–Crippen LogP) is 1.77.